The lowest BCUT2D eigenvalue weighted by Crippen LogP contribution is -2.31. The van der Waals surface area contributed by atoms with E-state index in [1.54, 1.807) is 13.0 Å². The summed E-state index contributed by atoms with van der Waals surface area (Å²) in [6, 6.07) is 2.00. The number of carboxylic acids is 1. The Morgan fingerprint density at radius 1 is 1.53 bits per heavy atom. The van der Waals surface area contributed by atoms with Gasteiger partial charge in [0.15, 0.2) is 0 Å². The molecule has 2 unspecified atom stereocenters. The van der Waals surface area contributed by atoms with Crippen LogP contribution in [0.25, 0.3) is 0 Å². The molecule has 1 rings (SSSR count). The molecular formula is C13H21NO3. The third-order valence-corrected chi connectivity index (χ3v) is 3.34. The molecule has 0 fully saturated rings. The van der Waals surface area contributed by atoms with E-state index in [4.69, 9.17) is 9.52 Å². The normalized spacial score (nSPS) is 14.6. The number of nitrogens with one attached hydrogen (secondary N) is 1. The third-order valence-electron chi connectivity index (χ3n) is 3.34. The summed E-state index contributed by atoms with van der Waals surface area (Å²) in [6.45, 7) is 8.93. The molecule has 2 atom stereocenters. The van der Waals surface area contributed by atoms with Crippen LogP contribution >= 0.6 is 0 Å². The monoisotopic (exact) mass is 239 g/mol. The van der Waals surface area contributed by atoms with E-state index in [0.717, 1.165) is 12.0 Å². The predicted octanol–water partition coefficient (Wildman–Crippen LogP) is 2.81. The molecule has 0 bridgehead atoms. The molecule has 0 saturated heterocycles. The summed E-state index contributed by atoms with van der Waals surface area (Å²) in [5, 5.41) is 12.2. The summed E-state index contributed by atoms with van der Waals surface area (Å²) in [7, 11) is 0. The number of aromatic carboxylic acids is 1. The van der Waals surface area contributed by atoms with Gasteiger partial charge in [0.25, 0.3) is 0 Å². The van der Waals surface area contributed by atoms with Gasteiger partial charge in [0.2, 0.25) is 5.76 Å². The number of furan rings is 1. The minimum Gasteiger partial charge on any atom is -0.475 e. The van der Waals surface area contributed by atoms with Crippen molar-refractivity contribution in [1.29, 1.82) is 0 Å². The Hall–Kier alpha value is -1.29. The number of hydrogen-bond acceptors (Lipinski definition) is 3. The first-order chi connectivity index (χ1) is 7.95. The van der Waals surface area contributed by atoms with E-state index in [2.05, 4.69) is 26.1 Å². The van der Waals surface area contributed by atoms with Crippen LogP contribution in [0.3, 0.4) is 0 Å². The van der Waals surface area contributed by atoms with Gasteiger partial charge in [0.1, 0.15) is 5.76 Å². The van der Waals surface area contributed by atoms with E-state index in [1.165, 1.54) is 0 Å². The van der Waals surface area contributed by atoms with Crippen LogP contribution in [-0.2, 0) is 6.54 Å². The molecule has 0 aliphatic heterocycles. The van der Waals surface area contributed by atoms with Gasteiger partial charge in [-0.15, -0.1) is 0 Å². The van der Waals surface area contributed by atoms with Crippen LogP contribution < -0.4 is 5.32 Å². The van der Waals surface area contributed by atoms with Gasteiger partial charge >= 0.3 is 5.97 Å². The molecule has 0 aliphatic carbocycles. The van der Waals surface area contributed by atoms with E-state index in [9.17, 15) is 4.79 Å². The fraction of sp³-hybridized carbons (Fsp3) is 0.615. The Morgan fingerprint density at radius 2 is 2.18 bits per heavy atom. The molecule has 1 aromatic rings. The molecule has 0 spiro atoms. The van der Waals surface area contributed by atoms with Crippen molar-refractivity contribution in [3.63, 3.8) is 0 Å². The molecule has 2 N–H and O–H groups in total. The molecule has 0 aliphatic rings. The van der Waals surface area contributed by atoms with Crippen LogP contribution in [0.15, 0.2) is 10.5 Å². The van der Waals surface area contributed by atoms with Crippen LogP contribution in [0.1, 0.15) is 49.1 Å². The van der Waals surface area contributed by atoms with Crippen LogP contribution in [0.2, 0.25) is 0 Å². The average Bonchev–Trinajstić information content (AvgIpc) is 2.66. The molecule has 0 amide bonds. The van der Waals surface area contributed by atoms with Gasteiger partial charge in [-0.3, -0.25) is 0 Å². The van der Waals surface area contributed by atoms with Gasteiger partial charge < -0.3 is 14.8 Å². The Morgan fingerprint density at radius 3 is 2.65 bits per heavy atom. The Labute approximate surface area is 102 Å². The zero-order chi connectivity index (χ0) is 13.0. The zero-order valence-corrected chi connectivity index (χ0v) is 10.9. The number of carbonyl (C=O) groups is 1. The quantitative estimate of drug-likeness (QED) is 0.801. The molecule has 0 radical (unpaired) electrons. The summed E-state index contributed by atoms with van der Waals surface area (Å²) in [6.07, 6.45) is 1.12. The van der Waals surface area contributed by atoms with Gasteiger partial charge in [-0.05, 0) is 25.8 Å². The standard InChI is InChI=1S/C13H21NO3/c1-5-8(2)9(3)14-7-11-6-12(13(15)16)17-10(11)4/h6,8-9,14H,5,7H2,1-4H3,(H,15,16). The van der Waals surface area contributed by atoms with Crippen molar-refractivity contribution in [2.45, 2.75) is 46.7 Å². The van der Waals surface area contributed by atoms with E-state index in [0.29, 0.717) is 24.3 Å². The summed E-state index contributed by atoms with van der Waals surface area (Å²) in [5.41, 5.74) is 0.914. The van der Waals surface area contributed by atoms with Crippen molar-refractivity contribution in [3.8, 4) is 0 Å². The van der Waals surface area contributed by atoms with Crippen molar-refractivity contribution in [3.05, 3.63) is 23.2 Å². The topological polar surface area (TPSA) is 62.5 Å². The maximum Gasteiger partial charge on any atom is 0.371 e. The van der Waals surface area contributed by atoms with Crippen LogP contribution in [0.4, 0.5) is 0 Å². The molecule has 1 aromatic heterocycles. The highest BCUT2D eigenvalue weighted by atomic mass is 16.4. The Balaban J connectivity index is 2.60. The lowest BCUT2D eigenvalue weighted by atomic mass is 10.0. The maximum absolute atomic E-state index is 10.7. The minimum atomic E-state index is -1.02. The smallest absolute Gasteiger partial charge is 0.371 e. The highest BCUT2D eigenvalue weighted by Crippen LogP contribution is 2.15. The SMILES string of the molecule is CCC(C)C(C)NCc1cc(C(=O)O)oc1C. The maximum atomic E-state index is 10.7. The molecule has 1 heterocycles. The largest absolute Gasteiger partial charge is 0.475 e. The van der Waals surface area contributed by atoms with Crippen LogP contribution in [0.5, 0.6) is 0 Å². The van der Waals surface area contributed by atoms with Gasteiger partial charge in [-0.1, -0.05) is 20.3 Å². The summed E-state index contributed by atoms with van der Waals surface area (Å²) in [5.74, 6) is 0.261. The zero-order valence-electron chi connectivity index (χ0n) is 10.9. The number of aryl methyl sites for hydroxylation is 1. The van der Waals surface area contributed by atoms with E-state index in [-0.39, 0.29) is 5.76 Å². The number of carboxylic acid groups (broad SMARTS) is 1. The second-order valence-electron chi connectivity index (χ2n) is 4.55. The summed E-state index contributed by atoms with van der Waals surface area (Å²) < 4.78 is 5.16. The van der Waals surface area contributed by atoms with Gasteiger partial charge in [0, 0.05) is 18.2 Å². The lowest BCUT2D eigenvalue weighted by molar-refractivity contribution is 0.0661. The first kappa shape index (κ1) is 13.8. The molecule has 4 heteroatoms. The van der Waals surface area contributed by atoms with E-state index >= 15 is 0 Å². The van der Waals surface area contributed by atoms with Crippen molar-refractivity contribution >= 4 is 5.97 Å². The second kappa shape index (κ2) is 5.87. The Kier molecular flexibility index (Phi) is 4.75. The number of hydrogen-bond donors (Lipinski definition) is 2. The molecule has 4 nitrogen and oxygen atoms in total. The fourth-order valence-corrected chi connectivity index (χ4v) is 1.63. The molecule has 0 saturated carbocycles. The second-order valence-corrected chi connectivity index (χ2v) is 4.55. The van der Waals surface area contributed by atoms with Crippen LogP contribution in [-0.4, -0.2) is 17.1 Å². The summed E-state index contributed by atoms with van der Waals surface area (Å²) >= 11 is 0. The van der Waals surface area contributed by atoms with E-state index in [1.807, 2.05) is 0 Å². The van der Waals surface area contributed by atoms with Crippen molar-refractivity contribution in [1.82, 2.24) is 5.32 Å². The lowest BCUT2D eigenvalue weighted by Gasteiger charge is -2.19. The van der Waals surface area contributed by atoms with E-state index < -0.39 is 5.97 Å². The van der Waals surface area contributed by atoms with Crippen molar-refractivity contribution in [2.75, 3.05) is 0 Å². The molecule has 96 valence electrons. The Bertz CT molecular complexity index is 384. The van der Waals surface area contributed by atoms with Crippen molar-refractivity contribution in [2.24, 2.45) is 5.92 Å². The first-order valence-corrected chi connectivity index (χ1v) is 6.01. The summed E-state index contributed by atoms with van der Waals surface area (Å²) in [4.78, 5) is 10.7. The number of rotatable bonds is 6. The predicted molar refractivity (Wildman–Crippen MR) is 66.2 cm³/mol. The van der Waals surface area contributed by atoms with Gasteiger partial charge in [-0.25, -0.2) is 4.79 Å². The highest BCUT2D eigenvalue weighted by Gasteiger charge is 2.14. The molecule has 0 aromatic carbocycles. The van der Waals surface area contributed by atoms with Gasteiger partial charge in [0.05, 0.1) is 0 Å². The van der Waals surface area contributed by atoms with Gasteiger partial charge in [-0.2, -0.15) is 0 Å². The highest BCUT2D eigenvalue weighted by molar-refractivity contribution is 5.84. The minimum absolute atomic E-state index is 0.00972. The van der Waals surface area contributed by atoms with Crippen molar-refractivity contribution < 1.29 is 14.3 Å². The van der Waals surface area contributed by atoms with Crippen LogP contribution in [0, 0.1) is 12.8 Å². The average molecular weight is 239 g/mol. The first-order valence-electron chi connectivity index (χ1n) is 6.01. The molecule has 17 heavy (non-hydrogen) atoms. The third kappa shape index (κ3) is 3.60. The molecular weight excluding hydrogens is 218 g/mol. The fourth-order valence-electron chi connectivity index (χ4n) is 1.63.